The van der Waals surface area contributed by atoms with E-state index in [2.05, 4.69) is 17.6 Å². The molecule has 3 nitrogen and oxygen atoms in total. The Labute approximate surface area is 85.9 Å². The van der Waals surface area contributed by atoms with Crippen molar-refractivity contribution in [1.82, 2.24) is 10.6 Å². The molecule has 1 rings (SSSR count). The van der Waals surface area contributed by atoms with E-state index in [0.29, 0.717) is 5.92 Å². The summed E-state index contributed by atoms with van der Waals surface area (Å²) in [4.78, 5) is 0. The minimum absolute atomic E-state index is 0.649. The van der Waals surface area contributed by atoms with Crippen LogP contribution in [-0.4, -0.2) is 20.1 Å². The average molecular weight is 196 g/mol. The maximum atomic E-state index is 5.45. The SMILES string of the molecule is CNCC(C)CNCc1ccc(C)o1. The Balaban J connectivity index is 2.15. The van der Waals surface area contributed by atoms with Crippen LogP contribution < -0.4 is 10.6 Å². The van der Waals surface area contributed by atoms with Gasteiger partial charge in [-0.1, -0.05) is 6.92 Å². The lowest BCUT2D eigenvalue weighted by Crippen LogP contribution is -2.27. The first kappa shape index (κ1) is 11.3. The predicted octanol–water partition coefficient (Wildman–Crippen LogP) is 1.53. The Hall–Kier alpha value is -0.800. The van der Waals surface area contributed by atoms with Crippen LogP contribution in [0.3, 0.4) is 0 Å². The van der Waals surface area contributed by atoms with Gasteiger partial charge in [-0.2, -0.15) is 0 Å². The average Bonchev–Trinajstić information content (AvgIpc) is 2.52. The van der Waals surface area contributed by atoms with Crippen molar-refractivity contribution in [3.63, 3.8) is 0 Å². The van der Waals surface area contributed by atoms with Gasteiger partial charge in [0.25, 0.3) is 0 Å². The summed E-state index contributed by atoms with van der Waals surface area (Å²) in [6.07, 6.45) is 0. The first-order valence-electron chi connectivity index (χ1n) is 5.13. The van der Waals surface area contributed by atoms with E-state index in [1.807, 2.05) is 26.1 Å². The van der Waals surface area contributed by atoms with Gasteiger partial charge in [0, 0.05) is 0 Å². The van der Waals surface area contributed by atoms with Crippen LogP contribution in [0.1, 0.15) is 18.4 Å². The zero-order valence-corrected chi connectivity index (χ0v) is 9.26. The van der Waals surface area contributed by atoms with E-state index in [9.17, 15) is 0 Å². The van der Waals surface area contributed by atoms with E-state index in [4.69, 9.17) is 4.42 Å². The highest BCUT2D eigenvalue weighted by atomic mass is 16.3. The second-order valence-electron chi connectivity index (χ2n) is 3.81. The molecule has 14 heavy (non-hydrogen) atoms. The van der Waals surface area contributed by atoms with E-state index >= 15 is 0 Å². The smallest absolute Gasteiger partial charge is 0.117 e. The van der Waals surface area contributed by atoms with E-state index < -0.39 is 0 Å². The van der Waals surface area contributed by atoms with E-state index in [1.54, 1.807) is 0 Å². The fraction of sp³-hybridized carbons (Fsp3) is 0.636. The Bertz CT molecular complexity index is 258. The molecule has 1 aromatic heterocycles. The third-order valence-electron chi connectivity index (χ3n) is 2.14. The second kappa shape index (κ2) is 5.83. The second-order valence-corrected chi connectivity index (χ2v) is 3.81. The summed E-state index contributed by atoms with van der Waals surface area (Å²) in [6, 6.07) is 4.01. The summed E-state index contributed by atoms with van der Waals surface area (Å²) < 4.78 is 5.45. The van der Waals surface area contributed by atoms with Crippen LogP contribution in [0.25, 0.3) is 0 Å². The van der Waals surface area contributed by atoms with Crippen LogP contribution in [0.5, 0.6) is 0 Å². The number of aryl methyl sites for hydroxylation is 1. The number of hydrogen-bond acceptors (Lipinski definition) is 3. The molecular weight excluding hydrogens is 176 g/mol. The van der Waals surface area contributed by atoms with Gasteiger partial charge >= 0.3 is 0 Å². The third kappa shape index (κ3) is 3.94. The lowest BCUT2D eigenvalue weighted by atomic mass is 10.2. The Morgan fingerprint density at radius 3 is 2.71 bits per heavy atom. The molecule has 0 fully saturated rings. The maximum Gasteiger partial charge on any atom is 0.117 e. The summed E-state index contributed by atoms with van der Waals surface area (Å²) in [7, 11) is 1.98. The minimum atomic E-state index is 0.649. The lowest BCUT2D eigenvalue weighted by molar-refractivity contribution is 0.435. The summed E-state index contributed by atoms with van der Waals surface area (Å²) in [5, 5.41) is 6.52. The Morgan fingerprint density at radius 1 is 1.36 bits per heavy atom. The van der Waals surface area contributed by atoms with Gasteiger partial charge in [0.15, 0.2) is 0 Å². The predicted molar refractivity (Wildman–Crippen MR) is 58.2 cm³/mol. The fourth-order valence-electron chi connectivity index (χ4n) is 1.44. The maximum absolute atomic E-state index is 5.45. The van der Waals surface area contributed by atoms with Crippen molar-refractivity contribution in [2.75, 3.05) is 20.1 Å². The molecule has 80 valence electrons. The van der Waals surface area contributed by atoms with Crippen LogP contribution in [0, 0.1) is 12.8 Å². The van der Waals surface area contributed by atoms with Crippen LogP contribution in [0.4, 0.5) is 0 Å². The van der Waals surface area contributed by atoms with Crippen molar-refractivity contribution in [3.8, 4) is 0 Å². The lowest BCUT2D eigenvalue weighted by Gasteiger charge is -2.10. The van der Waals surface area contributed by atoms with Gasteiger partial charge in [0.2, 0.25) is 0 Å². The van der Waals surface area contributed by atoms with E-state index in [0.717, 1.165) is 31.2 Å². The topological polar surface area (TPSA) is 37.2 Å². The van der Waals surface area contributed by atoms with Gasteiger partial charge in [-0.05, 0) is 45.1 Å². The monoisotopic (exact) mass is 196 g/mol. The molecule has 1 aromatic rings. The number of furan rings is 1. The molecule has 3 heteroatoms. The Kier molecular flexibility index (Phi) is 4.70. The molecule has 0 bridgehead atoms. The van der Waals surface area contributed by atoms with Gasteiger partial charge in [0.05, 0.1) is 6.54 Å². The molecule has 0 saturated heterocycles. The van der Waals surface area contributed by atoms with Crippen molar-refractivity contribution in [2.45, 2.75) is 20.4 Å². The van der Waals surface area contributed by atoms with Crippen molar-refractivity contribution < 1.29 is 4.42 Å². The number of nitrogens with one attached hydrogen (secondary N) is 2. The fourth-order valence-corrected chi connectivity index (χ4v) is 1.44. The van der Waals surface area contributed by atoms with Gasteiger partial charge in [0.1, 0.15) is 11.5 Å². The standard InChI is InChI=1S/C11H20N2O/c1-9(6-12-3)7-13-8-11-5-4-10(2)14-11/h4-5,9,12-13H,6-8H2,1-3H3. The van der Waals surface area contributed by atoms with Crippen molar-refractivity contribution in [2.24, 2.45) is 5.92 Å². The van der Waals surface area contributed by atoms with Crippen molar-refractivity contribution in [1.29, 1.82) is 0 Å². The molecule has 1 atom stereocenters. The van der Waals surface area contributed by atoms with Gasteiger partial charge < -0.3 is 15.1 Å². The largest absolute Gasteiger partial charge is 0.465 e. The highest BCUT2D eigenvalue weighted by Gasteiger charge is 2.01. The first-order valence-corrected chi connectivity index (χ1v) is 5.13. The molecule has 0 aliphatic heterocycles. The van der Waals surface area contributed by atoms with Gasteiger partial charge in [-0.15, -0.1) is 0 Å². The highest BCUT2D eigenvalue weighted by Crippen LogP contribution is 2.05. The first-order chi connectivity index (χ1) is 6.72. The third-order valence-corrected chi connectivity index (χ3v) is 2.14. The molecule has 2 N–H and O–H groups in total. The minimum Gasteiger partial charge on any atom is -0.465 e. The molecule has 0 aliphatic rings. The quantitative estimate of drug-likeness (QED) is 0.724. The number of hydrogen-bond donors (Lipinski definition) is 2. The van der Waals surface area contributed by atoms with Crippen LogP contribution in [0.2, 0.25) is 0 Å². The summed E-state index contributed by atoms with van der Waals surface area (Å²) in [5.74, 6) is 2.64. The Morgan fingerprint density at radius 2 is 2.14 bits per heavy atom. The summed E-state index contributed by atoms with van der Waals surface area (Å²) in [6.45, 7) is 7.07. The zero-order valence-electron chi connectivity index (χ0n) is 9.26. The van der Waals surface area contributed by atoms with Crippen LogP contribution >= 0.6 is 0 Å². The van der Waals surface area contributed by atoms with E-state index in [1.165, 1.54) is 0 Å². The summed E-state index contributed by atoms with van der Waals surface area (Å²) >= 11 is 0. The molecule has 0 spiro atoms. The molecule has 0 aromatic carbocycles. The number of rotatable bonds is 6. The van der Waals surface area contributed by atoms with Gasteiger partial charge in [-0.25, -0.2) is 0 Å². The molecule has 0 radical (unpaired) electrons. The molecule has 0 aliphatic carbocycles. The molecule has 1 unspecified atom stereocenters. The molecule has 0 amide bonds. The van der Waals surface area contributed by atoms with Gasteiger partial charge in [-0.3, -0.25) is 0 Å². The van der Waals surface area contributed by atoms with Crippen molar-refractivity contribution in [3.05, 3.63) is 23.7 Å². The highest BCUT2D eigenvalue weighted by molar-refractivity contribution is 5.05. The van der Waals surface area contributed by atoms with Crippen molar-refractivity contribution >= 4 is 0 Å². The van der Waals surface area contributed by atoms with Crippen LogP contribution in [0.15, 0.2) is 16.5 Å². The molecule has 1 heterocycles. The van der Waals surface area contributed by atoms with Crippen LogP contribution in [-0.2, 0) is 6.54 Å². The normalized spacial score (nSPS) is 13.1. The van der Waals surface area contributed by atoms with E-state index in [-0.39, 0.29) is 0 Å². The summed E-state index contributed by atoms with van der Waals surface area (Å²) in [5.41, 5.74) is 0. The zero-order chi connectivity index (χ0) is 10.4. The molecular formula is C11H20N2O. The molecule has 0 saturated carbocycles.